The van der Waals surface area contributed by atoms with Crippen LogP contribution in [0, 0.1) is 0 Å². The molecular formula is C29H34F3N3O4S2. The Bertz CT molecular complexity index is 1590. The highest BCUT2D eigenvalue weighted by Gasteiger charge is 2.35. The van der Waals surface area contributed by atoms with Crippen molar-refractivity contribution in [2.24, 2.45) is 0 Å². The van der Waals surface area contributed by atoms with Crippen molar-refractivity contribution in [3.8, 4) is 28.4 Å². The average Bonchev–Trinajstić information content (AvgIpc) is 3.34. The second-order valence-corrected chi connectivity index (χ2v) is 15.4. The van der Waals surface area contributed by atoms with Gasteiger partial charge in [0.15, 0.2) is 0 Å². The summed E-state index contributed by atoms with van der Waals surface area (Å²) in [6.07, 6.45) is 1.44. The first-order valence-corrected chi connectivity index (χ1v) is 15.9. The minimum absolute atomic E-state index is 0.0516. The first kappa shape index (κ1) is 30.9. The minimum Gasteiger partial charge on any atom is -0.497 e. The highest BCUT2D eigenvalue weighted by atomic mass is 32.3. The Labute approximate surface area is 243 Å². The molecule has 0 saturated heterocycles. The van der Waals surface area contributed by atoms with Crippen molar-refractivity contribution in [2.45, 2.75) is 36.9 Å². The van der Waals surface area contributed by atoms with E-state index in [1.54, 1.807) is 35.0 Å². The third-order valence-corrected chi connectivity index (χ3v) is 11.3. The van der Waals surface area contributed by atoms with E-state index in [0.717, 1.165) is 16.5 Å². The van der Waals surface area contributed by atoms with Gasteiger partial charge in [0.1, 0.15) is 29.4 Å². The molecule has 2 heterocycles. The Morgan fingerprint density at radius 1 is 1.02 bits per heavy atom. The molecule has 0 amide bonds. The smallest absolute Gasteiger partial charge is 0.418 e. The average molecular weight is 610 g/mol. The van der Waals surface area contributed by atoms with Gasteiger partial charge in [-0.1, -0.05) is 13.8 Å². The summed E-state index contributed by atoms with van der Waals surface area (Å²) in [5.74, 6) is 1.80. The molecule has 0 spiro atoms. The molecule has 2 aromatic heterocycles. The first-order chi connectivity index (χ1) is 19.3. The van der Waals surface area contributed by atoms with Gasteiger partial charge in [0.25, 0.3) is 5.56 Å². The number of methoxy groups -OCH3 is 2. The lowest BCUT2D eigenvalue weighted by atomic mass is 10.1. The minimum atomic E-state index is -4.73. The normalized spacial score (nSPS) is 12.8. The zero-order valence-electron chi connectivity index (χ0n) is 23.8. The van der Waals surface area contributed by atoms with E-state index in [4.69, 9.17) is 14.2 Å². The predicted molar refractivity (Wildman–Crippen MR) is 162 cm³/mol. The molecule has 0 aliphatic carbocycles. The molecule has 0 bridgehead atoms. The van der Waals surface area contributed by atoms with Crippen LogP contribution in [0.2, 0.25) is 0 Å². The Morgan fingerprint density at radius 2 is 1.68 bits per heavy atom. The van der Waals surface area contributed by atoms with Gasteiger partial charge in [-0.15, -0.1) is 12.6 Å². The van der Waals surface area contributed by atoms with E-state index in [0.29, 0.717) is 34.3 Å². The van der Waals surface area contributed by atoms with Crippen LogP contribution in [-0.4, -0.2) is 58.7 Å². The number of ether oxygens (including phenoxy) is 3. The maximum absolute atomic E-state index is 14.1. The van der Waals surface area contributed by atoms with Crippen molar-refractivity contribution in [3.63, 3.8) is 0 Å². The number of alkyl halides is 3. The first-order valence-electron chi connectivity index (χ1n) is 12.8. The highest BCUT2D eigenvalue weighted by Crippen LogP contribution is 2.44. The van der Waals surface area contributed by atoms with Gasteiger partial charge in [-0.25, -0.2) is 10.0 Å². The van der Waals surface area contributed by atoms with E-state index < -0.39 is 33.0 Å². The molecule has 7 nitrogen and oxygen atoms in total. The second kappa shape index (κ2) is 12.0. The maximum Gasteiger partial charge on any atom is 0.418 e. The maximum atomic E-state index is 14.1. The molecule has 0 unspecified atom stereocenters. The van der Waals surface area contributed by atoms with E-state index in [2.05, 4.69) is 44.1 Å². The third-order valence-electron chi connectivity index (χ3n) is 7.21. The van der Waals surface area contributed by atoms with Crippen LogP contribution in [0.25, 0.3) is 27.8 Å². The Balaban J connectivity index is 1.93. The topological polar surface area (TPSA) is 67.5 Å². The Kier molecular flexibility index (Phi) is 9.05. The molecule has 0 fully saturated rings. The van der Waals surface area contributed by atoms with Gasteiger partial charge in [0.2, 0.25) is 0 Å². The van der Waals surface area contributed by atoms with Crippen LogP contribution < -0.4 is 15.0 Å². The summed E-state index contributed by atoms with van der Waals surface area (Å²) >= 11 is 4.24. The summed E-state index contributed by atoms with van der Waals surface area (Å²) in [6, 6.07) is 10.1. The van der Waals surface area contributed by atoms with Gasteiger partial charge < -0.3 is 18.8 Å². The van der Waals surface area contributed by atoms with Crippen molar-refractivity contribution in [1.82, 2.24) is 14.3 Å². The number of aromatic nitrogens is 3. The van der Waals surface area contributed by atoms with E-state index >= 15 is 0 Å². The third kappa shape index (κ3) is 6.54. The fourth-order valence-corrected chi connectivity index (χ4v) is 5.45. The molecule has 222 valence electrons. The monoisotopic (exact) mass is 609 g/mol. The van der Waals surface area contributed by atoms with Gasteiger partial charge in [0, 0.05) is 33.9 Å². The number of hydrogen-bond donors (Lipinski definition) is 1. The van der Waals surface area contributed by atoms with Crippen molar-refractivity contribution >= 4 is 33.6 Å². The molecule has 0 aliphatic rings. The molecule has 0 atom stereocenters. The Morgan fingerprint density at radius 3 is 2.27 bits per heavy atom. The fourth-order valence-electron chi connectivity index (χ4n) is 4.24. The van der Waals surface area contributed by atoms with E-state index in [1.807, 2.05) is 0 Å². The lowest BCUT2D eigenvalue weighted by Crippen LogP contribution is -2.26. The molecule has 4 rings (SSSR count). The van der Waals surface area contributed by atoms with Crippen molar-refractivity contribution in [2.75, 3.05) is 39.1 Å². The lowest BCUT2D eigenvalue weighted by molar-refractivity contribution is -0.137. The summed E-state index contributed by atoms with van der Waals surface area (Å²) < 4.78 is 61.4. The predicted octanol–water partition coefficient (Wildman–Crippen LogP) is 6.63. The van der Waals surface area contributed by atoms with Gasteiger partial charge in [-0.05, 0) is 54.2 Å². The molecule has 4 aromatic rings. The summed E-state index contributed by atoms with van der Waals surface area (Å²) in [4.78, 5) is 14.1. The molecule has 0 radical (unpaired) electrons. The molecular weight excluding hydrogens is 575 g/mol. The van der Waals surface area contributed by atoms with Crippen LogP contribution in [0.5, 0.6) is 11.5 Å². The van der Waals surface area contributed by atoms with Crippen LogP contribution in [0.4, 0.5) is 13.2 Å². The number of thiol groups is 1. The SMILES string of the molecule is COc1cc(OC)cc(-c2nn(-c3cc(S)ccc3C(F)(F)F)c(=O)c3c2ccn3COCCS(C)(C)C(C)C)c1. The number of hydrogen-bond acceptors (Lipinski definition) is 6. The summed E-state index contributed by atoms with van der Waals surface area (Å²) in [5, 5.41) is 5.46. The fraction of sp³-hybridized carbons (Fsp3) is 0.379. The largest absolute Gasteiger partial charge is 0.497 e. The van der Waals surface area contributed by atoms with E-state index in [9.17, 15) is 18.0 Å². The highest BCUT2D eigenvalue weighted by molar-refractivity contribution is 8.33. The van der Waals surface area contributed by atoms with Crippen LogP contribution in [0.3, 0.4) is 0 Å². The van der Waals surface area contributed by atoms with Crippen molar-refractivity contribution < 1.29 is 27.4 Å². The standard InChI is InChI=1S/C29H34F3N3O4S2/c1-18(2)41(5,6)12-11-39-17-34-10-9-23-26(19-13-20(37-3)15-21(14-19)38-4)33-35(28(36)27(23)34)25-16-22(40)7-8-24(25)29(30,31)32/h7-10,13-16,18,40H,11-12,17H2,1-6H3. The van der Waals surface area contributed by atoms with Crippen LogP contribution in [-0.2, 0) is 17.6 Å². The number of rotatable bonds is 10. The van der Waals surface area contributed by atoms with Gasteiger partial charge in [-0.2, -0.15) is 23.0 Å². The Hall–Kier alpha value is -3.09. The number of halogens is 3. The number of fused-ring (bicyclic) bond motifs is 1. The van der Waals surface area contributed by atoms with E-state index in [1.165, 1.54) is 26.4 Å². The zero-order valence-corrected chi connectivity index (χ0v) is 25.5. The van der Waals surface area contributed by atoms with Crippen molar-refractivity contribution in [3.05, 3.63) is 64.6 Å². The number of nitrogens with zero attached hydrogens (tertiary/aromatic N) is 3. The molecule has 0 N–H and O–H groups in total. The molecule has 41 heavy (non-hydrogen) atoms. The van der Waals surface area contributed by atoms with Crippen LogP contribution >= 0.6 is 22.7 Å². The van der Waals surface area contributed by atoms with Gasteiger partial charge in [0.05, 0.1) is 32.1 Å². The number of benzene rings is 2. The van der Waals surface area contributed by atoms with Gasteiger partial charge >= 0.3 is 6.18 Å². The summed E-state index contributed by atoms with van der Waals surface area (Å²) in [7, 11) is 2.13. The van der Waals surface area contributed by atoms with Gasteiger partial charge in [-0.3, -0.25) is 4.79 Å². The summed E-state index contributed by atoms with van der Waals surface area (Å²) in [5.41, 5.74) is -1.22. The molecule has 2 aromatic carbocycles. The lowest BCUT2D eigenvalue weighted by Gasteiger charge is -2.35. The zero-order chi connectivity index (χ0) is 30.1. The quantitative estimate of drug-likeness (QED) is 0.162. The molecule has 0 saturated carbocycles. The van der Waals surface area contributed by atoms with Crippen LogP contribution in [0.1, 0.15) is 19.4 Å². The summed E-state index contributed by atoms with van der Waals surface area (Å²) in [6.45, 7) is 4.91. The molecule has 0 aliphatic heterocycles. The van der Waals surface area contributed by atoms with Crippen molar-refractivity contribution in [1.29, 1.82) is 0 Å². The molecule has 12 heteroatoms. The van der Waals surface area contributed by atoms with E-state index in [-0.39, 0.29) is 22.8 Å². The van der Waals surface area contributed by atoms with Crippen LogP contribution in [0.15, 0.2) is 58.4 Å². The second-order valence-electron chi connectivity index (χ2n) is 10.3.